The molecule has 2 fully saturated rings. The summed E-state index contributed by atoms with van der Waals surface area (Å²) in [4.78, 5) is 13.9. The molecule has 2 saturated heterocycles. The quantitative estimate of drug-likeness (QED) is 0.841. The Hall–Kier alpha value is -0.810. The summed E-state index contributed by atoms with van der Waals surface area (Å²) in [5.74, 6) is 0. The number of hydrogen-bond donors (Lipinski definition) is 2. The summed E-state index contributed by atoms with van der Waals surface area (Å²) in [5.41, 5.74) is -0.277. The highest BCUT2D eigenvalue weighted by Gasteiger charge is 2.33. The van der Waals surface area contributed by atoms with Gasteiger partial charge in [0.1, 0.15) is 5.60 Å². The van der Waals surface area contributed by atoms with Gasteiger partial charge in [0.2, 0.25) is 0 Å². The first-order valence-corrected chi connectivity index (χ1v) is 8.74. The second-order valence-electron chi connectivity index (χ2n) is 8.06. The van der Waals surface area contributed by atoms with Gasteiger partial charge in [0.25, 0.3) is 0 Å². The number of amides is 1. The molecule has 1 unspecified atom stereocenters. The highest BCUT2D eigenvalue weighted by atomic mass is 16.6. The lowest BCUT2D eigenvalue weighted by molar-refractivity contribution is 0.0156. The minimum atomic E-state index is -0.414. The minimum Gasteiger partial charge on any atom is -0.444 e. The fourth-order valence-corrected chi connectivity index (χ4v) is 3.15. The van der Waals surface area contributed by atoms with E-state index < -0.39 is 5.60 Å². The van der Waals surface area contributed by atoms with Crippen LogP contribution in [0.3, 0.4) is 0 Å². The maximum absolute atomic E-state index is 12.1. The largest absolute Gasteiger partial charge is 0.444 e. The van der Waals surface area contributed by atoms with E-state index in [4.69, 9.17) is 4.74 Å². The normalized spacial score (nSPS) is 25.8. The average molecular weight is 311 g/mol. The van der Waals surface area contributed by atoms with Crippen molar-refractivity contribution >= 4 is 6.09 Å². The Morgan fingerprint density at radius 3 is 2.55 bits per heavy atom. The lowest BCUT2D eigenvalue weighted by Crippen LogP contribution is -2.56. The molecule has 5 nitrogen and oxygen atoms in total. The molecule has 5 heteroatoms. The third-order valence-corrected chi connectivity index (χ3v) is 4.71. The van der Waals surface area contributed by atoms with Gasteiger partial charge in [-0.25, -0.2) is 4.79 Å². The molecule has 0 saturated carbocycles. The average Bonchev–Trinajstić information content (AvgIpc) is 2.45. The van der Waals surface area contributed by atoms with E-state index in [9.17, 15) is 4.79 Å². The molecule has 1 amide bonds. The molecule has 2 heterocycles. The third-order valence-electron chi connectivity index (χ3n) is 4.71. The van der Waals surface area contributed by atoms with Gasteiger partial charge in [0, 0.05) is 31.2 Å². The van der Waals surface area contributed by atoms with Crippen LogP contribution in [0, 0.1) is 0 Å². The van der Waals surface area contributed by atoms with Crippen molar-refractivity contribution in [3.8, 4) is 0 Å². The summed E-state index contributed by atoms with van der Waals surface area (Å²) >= 11 is 0. The van der Waals surface area contributed by atoms with Gasteiger partial charge in [-0.2, -0.15) is 0 Å². The fraction of sp³-hybridized carbons (Fsp3) is 0.941. The van der Waals surface area contributed by atoms with Crippen molar-refractivity contribution in [1.29, 1.82) is 0 Å². The number of likely N-dealkylation sites (tertiary alicyclic amines) is 1. The van der Waals surface area contributed by atoms with Gasteiger partial charge in [-0.15, -0.1) is 0 Å². The van der Waals surface area contributed by atoms with Gasteiger partial charge < -0.3 is 20.3 Å². The van der Waals surface area contributed by atoms with E-state index in [1.165, 1.54) is 19.3 Å². The molecule has 2 aliphatic heterocycles. The Labute approximate surface area is 135 Å². The van der Waals surface area contributed by atoms with Gasteiger partial charge in [0.15, 0.2) is 0 Å². The van der Waals surface area contributed by atoms with Crippen LogP contribution >= 0.6 is 0 Å². The molecule has 0 radical (unpaired) electrons. The first-order valence-electron chi connectivity index (χ1n) is 8.74. The van der Waals surface area contributed by atoms with Crippen LogP contribution in [0.4, 0.5) is 4.79 Å². The number of piperidine rings is 2. The maximum Gasteiger partial charge on any atom is 0.410 e. The number of rotatable bonds is 3. The molecule has 2 N–H and O–H groups in total. The molecule has 128 valence electrons. The molecule has 0 spiro atoms. The standard InChI is InChI=1S/C17H33N3O2/c1-16(2,3)22-15(21)20-11-8-17(4,9-12-20)19-13-14-7-5-6-10-18-14/h14,18-19H,5-13H2,1-4H3. The van der Waals surface area contributed by atoms with Crippen LogP contribution in [0.25, 0.3) is 0 Å². The van der Waals surface area contributed by atoms with Crippen molar-refractivity contribution in [1.82, 2.24) is 15.5 Å². The summed E-state index contributed by atoms with van der Waals surface area (Å²) in [6.45, 7) is 11.8. The number of carbonyl (C=O) groups is 1. The second kappa shape index (κ2) is 7.18. The zero-order valence-electron chi connectivity index (χ0n) is 14.7. The Morgan fingerprint density at radius 2 is 2.00 bits per heavy atom. The number of nitrogens with one attached hydrogen (secondary N) is 2. The van der Waals surface area contributed by atoms with Gasteiger partial charge in [-0.05, 0) is 59.9 Å². The zero-order valence-corrected chi connectivity index (χ0v) is 14.7. The van der Waals surface area contributed by atoms with Crippen molar-refractivity contribution in [2.45, 2.75) is 77.0 Å². The Morgan fingerprint density at radius 1 is 1.32 bits per heavy atom. The van der Waals surface area contributed by atoms with Crippen molar-refractivity contribution in [3.05, 3.63) is 0 Å². The van der Waals surface area contributed by atoms with E-state index in [1.807, 2.05) is 25.7 Å². The summed E-state index contributed by atoms with van der Waals surface area (Å²) in [6, 6.07) is 0.606. The van der Waals surface area contributed by atoms with Crippen LogP contribution in [0.1, 0.15) is 59.8 Å². The molecular weight excluding hydrogens is 278 g/mol. The molecule has 22 heavy (non-hydrogen) atoms. The first kappa shape index (κ1) is 17.5. The van der Waals surface area contributed by atoms with E-state index in [-0.39, 0.29) is 11.6 Å². The van der Waals surface area contributed by atoms with Crippen LogP contribution in [-0.2, 0) is 4.74 Å². The Bertz CT molecular complexity index is 365. The summed E-state index contributed by atoms with van der Waals surface area (Å²) in [7, 11) is 0. The molecule has 2 aliphatic rings. The van der Waals surface area contributed by atoms with E-state index in [2.05, 4.69) is 17.6 Å². The summed E-state index contributed by atoms with van der Waals surface area (Å²) in [5, 5.41) is 7.32. The van der Waals surface area contributed by atoms with E-state index in [0.29, 0.717) is 6.04 Å². The van der Waals surface area contributed by atoms with Gasteiger partial charge in [-0.3, -0.25) is 0 Å². The minimum absolute atomic E-state index is 0.137. The highest BCUT2D eigenvalue weighted by molar-refractivity contribution is 5.68. The van der Waals surface area contributed by atoms with Crippen molar-refractivity contribution in [3.63, 3.8) is 0 Å². The predicted octanol–water partition coefficient (Wildman–Crippen LogP) is 2.51. The van der Waals surface area contributed by atoms with Crippen molar-refractivity contribution in [2.75, 3.05) is 26.2 Å². The summed E-state index contributed by atoms with van der Waals surface area (Å²) in [6.07, 6.45) is 5.70. The Kier molecular flexibility index (Phi) is 5.72. The number of carbonyl (C=O) groups excluding carboxylic acids is 1. The van der Waals surface area contributed by atoms with E-state index in [1.54, 1.807) is 0 Å². The first-order chi connectivity index (χ1) is 10.3. The third kappa shape index (κ3) is 5.43. The monoisotopic (exact) mass is 311 g/mol. The maximum atomic E-state index is 12.1. The van der Waals surface area contributed by atoms with Crippen LogP contribution in [0.5, 0.6) is 0 Å². The van der Waals surface area contributed by atoms with Gasteiger partial charge in [-0.1, -0.05) is 6.42 Å². The van der Waals surface area contributed by atoms with Crippen LogP contribution in [0.2, 0.25) is 0 Å². The lowest BCUT2D eigenvalue weighted by Gasteiger charge is -2.41. The smallest absolute Gasteiger partial charge is 0.410 e. The topological polar surface area (TPSA) is 53.6 Å². The number of hydrogen-bond acceptors (Lipinski definition) is 4. The van der Waals surface area contributed by atoms with Crippen LogP contribution in [0.15, 0.2) is 0 Å². The molecule has 1 atom stereocenters. The molecule has 0 aromatic carbocycles. The second-order valence-corrected chi connectivity index (χ2v) is 8.06. The molecular formula is C17H33N3O2. The van der Waals surface area contributed by atoms with Gasteiger partial charge >= 0.3 is 6.09 Å². The zero-order chi connectivity index (χ0) is 16.2. The fourth-order valence-electron chi connectivity index (χ4n) is 3.15. The SMILES string of the molecule is CC1(NCC2CCCCN2)CCN(C(=O)OC(C)(C)C)CC1. The van der Waals surface area contributed by atoms with Crippen molar-refractivity contribution in [2.24, 2.45) is 0 Å². The van der Waals surface area contributed by atoms with E-state index >= 15 is 0 Å². The highest BCUT2D eigenvalue weighted by Crippen LogP contribution is 2.23. The number of ether oxygens (including phenoxy) is 1. The van der Waals surface area contributed by atoms with E-state index in [0.717, 1.165) is 39.0 Å². The number of nitrogens with zero attached hydrogens (tertiary/aromatic N) is 1. The molecule has 2 rings (SSSR count). The van der Waals surface area contributed by atoms with Crippen molar-refractivity contribution < 1.29 is 9.53 Å². The van der Waals surface area contributed by atoms with Crippen LogP contribution < -0.4 is 10.6 Å². The Balaban J connectivity index is 1.74. The lowest BCUT2D eigenvalue weighted by atomic mass is 9.89. The predicted molar refractivity (Wildman–Crippen MR) is 89.1 cm³/mol. The van der Waals surface area contributed by atoms with Gasteiger partial charge in [0.05, 0.1) is 0 Å². The molecule has 0 aromatic rings. The summed E-state index contributed by atoms with van der Waals surface area (Å²) < 4.78 is 5.46. The molecule has 0 bridgehead atoms. The van der Waals surface area contributed by atoms with Crippen LogP contribution in [-0.4, -0.2) is 54.4 Å². The molecule has 0 aromatic heterocycles. The molecule has 0 aliphatic carbocycles.